The monoisotopic (exact) mass is 528 g/mol. The minimum atomic E-state index is -1.45. The molecule has 0 bridgehead atoms. The molecule has 3 rings (SSSR count). The van der Waals surface area contributed by atoms with Crippen molar-refractivity contribution in [1.29, 1.82) is 0 Å². The summed E-state index contributed by atoms with van der Waals surface area (Å²) in [5, 5.41) is 26.3. The van der Waals surface area contributed by atoms with Crippen LogP contribution in [0, 0.1) is 11.8 Å². The quantitative estimate of drug-likeness (QED) is 0.400. The Kier molecular flexibility index (Phi) is 9.35. The van der Waals surface area contributed by atoms with E-state index in [1.165, 1.54) is 32.2 Å². The van der Waals surface area contributed by atoms with Gasteiger partial charge in [0.25, 0.3) is 5.91 Å². The zero-order chi connectivity index (χ0) is 28.0. The summed E-state index contributed by atoms with van der Waals surface area (Å²) < 4.78 is 10.9. The lowest BCUT2D eigenvalue weighted by atomic mass is 9.92. The molecule has 4 N–H and O–H groups in total. The number of ether oxygens (including phenoxy) is 2. The van der Waals surface area contributed by atoms with E-state index in [1.807, 2.05) is 0 Å². The van der Waals surface area contributed by atoms with Gasteiger partial charge in [-0.3, -0.25) is 19.4 Å². The van der Waals surface area contributed by atoms with Crippen LogP contribution in [0.4, 0.5) is 0 Å². The first-order chi connectivity index (χ1) is 18.0. The van der Waals surface area contributed by atoms with Gasteiger partial charge in [-0.05, 0) is 44.0 Å². The average molecular weight is 529 g/mol. The number of pyridine rings is 2. The highest BCUT2D eigenvalue weighted by atomic mass is 16.6. The molecule has 38 heavy (non-hydrogen) atoms. The Labute approximate surface area is 219 Å². The van der Waals surface area contributed by atoms with E-state index in [0.29, 0.717) is 5.56 Å². The molecule has 1 fully saturated rings. The number of hydrogen-bond acceptors (Lipinski definition) is 10. The van der Waals surface area contributed by atoms with Crippen LogP contribution in [0.25, 0.3) is 0 Å². The highest BCUT2D eigenvalue weighted by molar-refractivity contribution is 5.98. The Morgan fingerprint density at radius 2 is 1.82 bits per heavy atom. The highest BCUT2D eigenvalue weighted by Crippen LogP contribution is 2.20. The number of carbonyl (C=O) groups excluding carboxylic acids is 4. The van der Waals surface area contributed by atoms with Crippen LogP contribution in [0.3, 0.4) is 0 Å². The third-order valence-corrected chi connectivity index (χ3v) is 6.23. The molecule has 12 nitrogen and oxygen atoms in total. The molecule has 0 aromatic carbocycles. The third-order valence-electron chi connectivity index (χ3n) is 6.23. The van der Waals surface area contributed by atoms with Crippen LogP contribution >= 0.6 is 0 Å². The number of esters is 2. The largest absolute Gasteiger partial charge is 0.505 e. The highest BCUT2D eigenvalue weighted by Gasteiger charge is 2.40. The lowest BCUT2D eigenvalue weighted by Gasteiger charge is -2.33. The fourth-order valence-corrected chi connectivity index (χ4v) is 3.97. The molecule has 0 unspecified atom stereocenters. The number of hydrogen-bond donors (Lipinski definition) is 4. The summed E-state index contributed by atoms with van der Waals surface area (Å²) in [6.07, 6.45) is 0.562. The molecule has 0 spiro atoms. The van der Waals surface area contributed by atoms with Crippen LogP contribution < -0.4 is 10.6 Å². The molecule has 1 saturated heterocycles. The number of cyclic esters (lactones) is 2. The Morgan fingerprint density at radius 3 is 2.45 bits per heavy atom. The van der Waals surface area contributed by atoms with Crippen molar-refractivity contribution in [3.8, 4) is 5.75 Å². The smallest absolute Gasteiger partial charge is 0.348 e. The zero-order valence-electron chi connectivity index (χ0n) is 21.5. The number of nitrogens with zero attached hydrogens (tertiary/aromatic N) is 2. The summed E-state index contributed by atoms with van der Waals surface area (Å²) in [4.78, 5) is 60.1. The molecule has 2 aromatic rings. The fraction of sp³-hybridized carbons (Fsp3) is 0.462. The van der Waals surface area contributed by atoms with E-state index >= 15 is 0 Å². The van der Waals surface area contributed by atoms with Gasteiger partial charge in [-0.2, -0.15) is 0 Å². The van der Waals surface area contributed by atoms with Crippen LogP contribution in [-0.4, -0.2) is 74.3 Å². The number of aromatic nitrogens is 2. The summed E-state index contributed by atoms with van der Waals surface area (Å²) >= 11 is 0. The summed E-state index contributed by atoms with van der Waals surface area (Å²) in [5.74, 6) is -5.43. The maximum atomic E-state index is 13.5. The van der Waals surface area contributed by atoms with E-state index in [4.69, 9.17) is 9.47 Å². The summed E-state index contributed by atoms with van der Waals surface area (Å²) in [6, 6.07) is 3.67. The van der Waals surface area contributed by atoms with Crippen molar-refractivity contribution in [2.45, 2.75) is 64.5 Å². The normalized spacial score (nSPS) is 26.8. The number of aliphatic hydroxyl groups is 1. The average Bonchev–Trinajstić information content (AvgIpc) is 2.88. The zero-order valence-corrected chi connectivity index (χ0v) is 21.5. The Hall–Kier alpha value is -4.06. The minimum Gasteiger partial charge on any atom is -0.505 e. The van der Waals surface area contributed by atoms with Crippen molar-refractivity contribution in [2.24, 2.45) is 11.8 Å². The van der Waals surface area contributed by atoms with Crippen molar-refractivity contribution in [3.05, 3.63) is 54.1 Å². The number of carbonyl (C=O) groups is 4. The Morgan fingerprint density at radius 1 is 1.11 bits per heavy atom. The van der Waals surface area contributed by atoms with Crippen LogP contribution in [0.5, 0.6) is 5.75 Å². The molecule has 1 aliphatic heterocycles. The molecular formula is C26H32N4O8. The first kappa shape index (κ1) is 28.5. The number of nitrogens with one attached hydrogen (secondary N) is 2. The molecular weight excluding hydrogens is 496 g/mol. The van der Waals surface area contributed by atoms with Gasteiger partial charge in [-0.1, -0.05) is 19.9 Å². The molecule has 0 radical (unpaired) electrons. The van der Waals surface area contributed by atoms with Gasteiger partial charge in [0.1, 0.15) is 17.9 Å². The van der Waals surface area contributed by atoms with E-state index in [0.717, 1.165) is 0 Å². The summed E-state index contributed by atoms with van der Waals surface area (Å²) in [5.41, 5.74) is 0.336. The van der Waals surface area contributed by atoms with Gasteiger partial charge in [0.2, 0.25) is 12.0 Å². The topological polar surface area (TPSA) is 177 Å². The summed E-state index contributed by atoms with van der Waals surface area (Å²) in [7, 11) is 0. The Balaban J connectivity index is 1.99. The predicted molar refractivity (Wildman–Crippen MR) is 132 cm³/mol. The lowest BCUT2D eigenvalue weighted by Crippen LogP contribution is -2.59. The standard InChI is InChI=1S/C26H32N4O8/c1-13(2)22-26(36)37-15(4)19(30-24(34)20-18(31)8-6-10-28-20)23(33)29-17(11-16-7-5-9-27-12-16)21(32)14(3)25(35)38-22/h5-10,12-15,17,19,21-22,31-32H,11H2,1-4H3,(H,29,33)(H,30,34)/t14-,15-,17+,19+,21-,22-/m1/s1. The number of aromatic hydroxyl groups is 1. The molecule has 12 heteroatoms. The van der Waals surface area contributed by atoms with Crippen molar-refractivity contribution >= 4 is 23.8 Å². The first-order valence-electron chi connectivity index (χ1n) is 12.2. The van der Waals surface area contributed by atoms with Gasteiger partial charge in [0.05, 0.1) is 18.1 Å². The molecule has 2 aromatic heterocycles. The fourth-order valence-electron chi connectivity index (χ4n) is 3.97. The third kappa shape index (κ3) is 6.82. The van der Waals surface area contributed by atoms with Crippen LogP contribution in [0.2, 0.25) is 0 Å². The number of rotatable bonds is 5. The van der Waals surface area contributed by atoms with E-state index in [-0.39, 0.29) is 12.1 Å². The van der Waals surface area contributed by atoms with E-state index in [2.05, 4.69) is 20.6 Å². The number of aliphatic hydroxyl groups excluding tert-OH is 1. The molecule has 6 atom stereocenters. The number of amides is 2. The van der Waals surface area contributed by atoms with Crippen LogP contribution in [0.15, 0.2) is 42.9 Å². The maximum absolute atomic E-state index is 13.5. The lowest BCUT2D eigenvalue weighted by molar-refractivity contribution is -0.180. The second-order valence-electron chi connectivity index (χ2n) is 9.53. The molecule has 3 heterocycles. The molecule has 2 amide bonds. The maximum Gasteiger partial charge on any atom is 0.348 e. The van der Waals surface area contributed by atoms with E-state index in [1.54, 1.807) is 38.4 Å². The van der Waals surface area contributed by atoms with E-state index in [9.17, 15) is 29.4 Å². The van der Waals surface area contributed by atoms with Crippen LogP contribution in [-0.2, 0) is 30.3 Å². The van der Waals surface area contributed by atoms with Gasteiger partial charge in [0.15, 0.2) is 5.69 Å². The van der Waals surface area contributed by atoms with Crippen molar-refractivity contribution in [1.82, 2.24) is 20.6 Å². The molecule has 0 aliphatic carbocycles. The van der Waals surface area contributed by atoms with Crippen LogP contribution in [0.1, 0.15) is 43.7 Å². The van der Waals surface area contributed by atoms with Gasteiger partial charge in [-0.15, -0.1) is 0 Å². The molecule has 1 aliphatic rings. The molecule has 204 valence electrons. The summed E-state index contributed by atoms with van der Waals surface area (Å²) in [6.45, 7) is 6.12. The SMILES string of the molecule is CC(C)[C@H]1OC(=O)[C@H](C)[C@@H](O)[C@H](Cc2cccnc2)NC(=O)[C@@H](NC(=O)c2ncccc2O)[C@@H](C)OC1=O. The van der Waals surface area contributed by atoms with Gasteiger partial charge < -0.3 is 30.3 Å². The first-order valence-corrected chi connectivity index (χ1v) is 12.2. The van der Waals surface area contributed by atoms with Crippen molar-refractivity contribution in [2.75, 3.05) is 0 Å². The molecule has 0 saturated carbocycles. The van der Waals surface area contributed by atoms with Gasteiger partial charge in [0, 0.05) is 24.5 Å². The second kappa shape index (κ2) is 12.5. The van der Waals surface area contributed by atoms with Crippen molar-refractivity contribution < 1.29 is 38.9 Å². The van der Waals surface area contributed by atoms with Gasteiger partial charge >= 0.3 is 11.9 Å². The predicted octanol–water partition coefficient (Wildman–Crippen LogP) is 0.518. The minimum absolute atomic E-state index is 0.0990. The van der Waals surface area contributed by atoms with Gasteiger partial charge in [-0.25, -0.2) is 9.78 Å². The van der Waals surface area contributed by atoms with E-state index < -0.39 is 71.7 Å². The Bertz CT molecular complexity index is 1160. The second-order valence-corrected chi connectivity index (χ2v) is 9.53. The van der Waals surface area contributed by atoms with Crippen molar-refractivity contribution in [3.63, 3.8) is 0 Å².